The molecule has 0 aliphatic heterocycles. The summed E-state index contributed by atoms with van der Waals surface area (Å²) in [6.45, 7) is 6.92. The lowest BCUT2D eigenvalue weighted by molar-refractivity contribution is -0.162. The van der Waals surface area contributed by atoms with E-state index < -0.39 is 35.4 Å². The first-order chi connectivity index (χ1) is 19.8. The fourth-order valence-electron chi connectivity index (χ4n) is 4.26. The number of carbonyl (C=O) groups excluding carboxylic acids is 2. The normalized spacial score (nSPS) is 11.6. The molecule has 42 heavy (non-hydrogen) atoms. The molecule has 4 nitrogen and oxygen atoms in total. The highest BCUT2D eigenvalue weighted by Crippen LogP contribution is 2.45. The maximum Gasteiger partial charge on any atom is 0.417 e. The number of esters is 2. The Kier molecular flexibility index (Phi) is 10.7. The van der Waals surface area contributed by atoms with Gasteiger partial charge in [-0.1, -0.05) is 61.7 Å². The van der Waals surface area contributed by atoms with E-state index in [0.29, 0.717) is 48.9 Å². The number of rotatable bonds is 12. The molecule has 10 heteroatoms. The number of alkyl halides is 6. The standard InChI is InChI=1S/C32H28F6O4/c1-3-29(39)41-17-5-7-21-9-13-23(14-10-21)25-19-27(31(33,34)35)28(32(36,37)38)20-26(25)24-15-11-22(12-16-24)8-6-18-42-30(40)4-2/h3-4,9-16,19-20H,1-2,5-8,17-18H2. The zero-order valence-corrected chi connectivity index (χ0v) is 22.5. The second-order valence-corrected chi connectivity index (χ2v) is 9.28. The third-order valence-electron chi connectivity index (χ3n) is 6.34. The Balaban J connectivity index is 1.96. The number of ether oxygens (including phenoxy) is 2. The number of carbonyl (C=O) groups is 2. The molecule has 0 bridgehead atoms. The molecular formula is C32H28F6O4. The molecule has 3 rings (SSSR count). The molecule has 0 atom stereocenters. The molecule has 0 aliphatic carbocycles. The number of hydrogen-bond acceptors (Lipinski definition) is 4. The van der Waals surface area contributed by atoms with Gasteiger partial charge in [0, 0.05) is 12.2 Å². The van der Waals surface area contributed by atoms with Crippen LogP contribution in [0.4, 0.5) is 26.3 Å². The van der Waals surface area contributed by atoms with Crippen molar-refractivity contribution in [2.45, 2.75) is 38.0 Å². The number of benzene rings is 3. The van der Waals surface area contributed by atoms with Crippen molar-refractivity contribution in [3.8, 4) is 22.3 Å². The van der Waals surface area contributed by atoms with Crippen LogP contribution in [0.2, 0.25) is 0 Å². The number of aryl methyl sites for hydroxylation is 2. The van der Waals surface area contributed by atoms with Crippen LogP contribution in [-0.2, 0) is 44.3 Å². The fraction of sp³-hybridized carbons (Fsp3) is 0.250. The smallest absolute Gasteiger partial charge is 0.417 e. The van der Waals surface area contributed by atoms with E-state index in [1.54, 1.807) is 48.5 Å². The van der Waals surface area contributed by atoms with Gasteiger partial charge >= 0.3 is 24.3 Å². The van der Waals surface area contributed by atoms with Crippen molar-refractivity contribution in [1.82, 2.24) is 0 Å². The first kappa shape index (κ1) is 32.2. The van der Waals surface area contributed by atoms with Gasteiger partial charge in [-0.3, -0.25) is 0 Å². The third kappa shape index (κ3) is 8.83. The Hall–Kier alpha value is -4.34. The molecule has 0 amide bonds. The Bertz CT molecular complexity index is 1300. The summed E-state index contributed by atoms with van der Waals surface area (Å²) in [5.41, 5.74) is -1.34. The van der Waals surface area contributed by atoms with Gasteiger partial charge in [-0.15, -0.1) is 0 Å². The molecule has 0 N–H and O–H groups in total. The Morgan fingerprint density at radius 1 is 0.619 bits per heavy atom. The summed E-state index contributed by atoms with van der Waals surface area (Å²) in [5, 5.41) is 0. The second-order valence-electron chi connectivity index (χ2n) is 9.28. The summed E-state index contributed by atoms with van der Waals surface area (Å²) in [6.07, 6.45) is -6.39. The summed E-state index contributed by atoms with van der Waals surface area (Å²) in [5.74, 6) is -1.11. The monoisotopic (exact) mass is 590 g/mol. The van der Waals surface area contributed by atoms with E-state index in [1.807, 2.05) is 0 Å². The van der Waals surface area contributed by atoms with Crippen molar-refractivity contribution in [3.05, 3.63) is 108 Å². The van der Waals surface area contributed by atoms with Crippen molar-refractivity contribution in [1.29, 1.82) is 0 Å². The summed E-state index contributed by atoms with van der Waals surface area (Å²) < 4.78 is 92.8. The molecular weight excluding hydrogens is 562 g/mol. The lowest BCUT2D eigenvalue weighted by Gasteiger charge is -2.20. The van der Waals surface area contributed by atoms with E-state index in [9.17, 15) is 35.9 Å². The van der Waals surface area contributed by atoms with E-state index in [-0.39, 0.29) is 24.3 Å². The van der Waals surface area contributed by atoms with Gasteiger partial charge in [0.05, 0.1) is 24.3 Å². The van der Waals surface area contributed by atoms with Crippen LogP contribution in [0.15, 0.2) is 86.0 Å². The van der Waals surface area contributed by atoms with Gasteiger partial charge in [-0.05, 0) is 71.2 Å². The predicted octanol–water partition coefficient (Wildman–Crippen LogP) is 8.38. The SMILES string of the molecule is C=CC(=O)OCCCc1ccc(-c2cc(C(F)(F)F)c(C(F)(F)F)cc2-c2ccc(CCCOC(=O)C=C)cc2)cc1. The second kappa shape index (κ2) is 14.0. The van der Waals surface area contributed by atoms with Crippen LogP contribution < -0.4 is 0 Å². The van der Waals surface area contributed by atoms with Gasteiger partial charge in [-0.2, -0.15) is 26.3 Å². The Labute approximate surface area is 239 Å². The van der Waals surface area contributed by atoms with Crippen LogP contribution in [0.5, 0.6) is 0 Å². The van der Waals surface area contributed by atoms with Crippen LogP contribution >= 0.6 is 0 Å². The number of hydrogen-bond donors (Lipinski definition) is 0. The molecule has 222 valence electrons. The summed E-state index contributed by atoms with van der Waals surface area (Å²) in [4.78, 5) is 22.3. The summed E-state index contributed by atoms with van der Waals surface area (Å²) in [6, 6.07) is 14.0. The molecule has 3 aromatic carbocycles. The average molecular weight is 591 g/mol. The van der Waals surface area contributed by atoms with Gasteiger partial charge in [0.2, 0.25) is 0 Å². The van der Waals surface area contributed by atoms with E-state index in [1.165, 1.54) is 0 Å². The molecule has 0 spiro atoms. The highest BCUT2D eigenvalue weighted by Gasteiger charge is 2.44. The van der Waals surface area contributed by atoms with Gasteiger partial charge in [0.25, 0.3) is 0 Å². The van der Waals surface area contributed by atoms with Gasteiger partial charge in [0.15, 0.2) is 0 Å². The molecule has 0 heterocycles. The maximum absolute atomic E-state index is 13.8. The largest absolute Gasteiger partial charge is 0.463 e. The van der Waals surface area contributed by atoms with E-state index in [2.05, 4.69) is 13.2 Å². The molecule has 0 fully saturated rings. The van der Waals surface area contributed by atoms with E-state index in [0.717, 1.165) is 23.3 Å². The average Bonchev–Trinajstić information content (AvgIpc) is 2.96. The predicted molar refractivity (Wildman–Crippen MR) is 146 cm³/mol. The highest BCUT2D eigenvalue weighted by molar-refractivity contribution is 5.85. The zero-order valence-electron chi connectivity index (χ0n) is 22.5. The minimum absolute atomic E-state index is 0.00845. The summed E-state index contributed by atoms with van der Waals surface area (Å²) in [7, 11) is 0. The van der Waals surface area contributed by atoms with E-state index >= 15 is 0 Å². The summed E-state index contributed by atoms with van der Waals surface area (Å²) >= 11 is 0. The third-order valence-corrected chi connectivity index (χ3v) is 6.34. The minimum Gasteiger partial charge on any atom is -0.463 e. The van der Waals surface area contributed by atoms with Crippen LogP contribution in [-0.4, -0.2) is 25.2 Å². The van der Waals surface area contributed by atoms with Crippen molar-refractivity contribution in [2.24, 2.45) is 0 Å². The Morgan fingerprint density at radius 3 is 1.24 bits per heavy atom. The maximum atomic E-state index is 13.8. The van der Waals surface area contributed by atoms with Crippen LogP contribution in [0.1, 0.15) is 35.1 Å². The zero-order chi connectivity index (χ0) is 30.9. The molecule has 0 saturated heterocycles. The van der Waals surface area contributed by atoms with Crippen molar-refractivity contribution < 1.29 is 45.4 Å². The fourth-order valence-corrected chi connectivity index (χ4v) is 4.26. The van der Waals surface area contributed by atoms with Crippen molar-refractivity contribution >= 4 is 11.9 Å². The quantitative estimate of drug-likeness (QED) is 0.0921. The highest BCUT2D eigenvalue weighted by atomic mass is 19.4. The molecule has 0 saturated carbocycles. The van der Waals surface area contributed by atoms with Gasteiger partial charge in [-0.25, -0.2) is 9.59 Å². The molecule has 0 aliphatic rings. The molecule has 0 radical (unpaired) electrons. The molecule has 3 aromatic rings. The Morgan fingerprint density at radius 2 is 0.952 bits per heavy atom. The molecule has 0 aromatic heterocycles. The van der Waals surface area contributed by atoms with Gasteiger partial charge in [0.1, 0.15) is 0 Å². The lowest BCUT2D eigenvalue weighted by Crippen LogP contribution is -2.17. The van der Waals surface area contributed by atoms with Crippen LogP contribution in [0.3, 0.4) is 0 Å². The first-order valence-electron chi connectivity index (χ1n) is 12.9. The van der Waals surface area contributed by atoms with Crippen molar-refractivity contribution in [2.75, 3.05) is 13.2 Å². The first-order valence-corrected chi connectivity index (χ1v) is 12.9. The topological polar surface area (TPSA) is 52.6 Å². The van der Waals surface area contributed by atoms with Crippen LogP contribution in [0.25, 0.3) is 22.3 Å². The number of halogens is 6. The lowest BCUT2D eigenvalue weighted by atomic mass is 9.88. The van der Waals surface area contributed by atoms with Crippen LogP contribution in [0, 0.1) is 0 Å². The van der Waals surface area contributed by atoms with E-state index in [4.69, 9.17) is 9.47 Å². The van der Waals surface area contributed by atoms with Crippen molar-refractivity contribution in [3.63, 3.8) is 0 Å². The molecule has 0 unspecified atom stereocenters. The van der Waals surface area contributed by atoms with Gasteiger partial charge < -0.3 is 9.47 Å². The minimum atomic E-state index is -5.24.